The number of ether oxygens (including phenoxy) is 1. The summed E-state index contributed by atoms with van der Waals surface area (Å²) in [6.45, 7) is 4.38. The van der Waals surface area contributed by atoms with Crippen molar-refractivity contribution in [1.29, 1.82) is 0 Å². The monoisotopic (exact) mass is 356 g/mol. The molecule has 0 N–H and O–H groups in total. The fourth-order valence-electron chi connectivity index (χ4n) is 2.22. The maximum absolute atomic E-state index is 11.0. The van der Waals surface area contributed by atoms with Crippen LogP contribution in [0.1, 0.15) is 65.2 Å². The topological polar surface area (TPSA) is 26.3 Å². The minimum atomic E-state index is -0.310. The highest BCUT2D eigenvalue weighted by atomic mass is 16.5. The molecule has 0 unspecified atom stereocenters. The third-order valence-electron chi connectivity index (χ3n) is 3.58. The Morgan fingerprint density at radius 3 is 1.81 bits per heavy atom. The van der Waals surface area contributed by atoms with Crippen LogP contribution in [0.3, 0.4) is 0 Å². The lowest BCUT2D eigenvalue weighted by Crippen LogP contribution is -1.98. The van der Waals surface area contributed by atoms with Crippen LogP contribution < -0.4 is 0 Å². The van der Waals surface area contributed by atoms with Gasteiger partial charge in [-0.05, 0) is 39.0 Å². The maximum Gasteiger partial charge on any atom is 0.330 e. The number of unbranched alkanes of at least 4 members (excludes halogenated alkanes) is 6. The second kappa shape index (κ2) is 21.0. The Labute approximate surface area is 160 Å². The van der Waals surface area contributed by atoms with E-state index in [0.717, 1.165) is 12.8 Å². The predicted octanol–water partition coefficient (Wildman–Crippen LogP) is 7.03. The highest BCUT2D eigenvalue weighted by molar-refractivity contribution is 5.82. The zero-order valence-corrected chi connectivity index (χ0v) is 16.6. The van der Waals surface area contributed by atoms with Crippen molar-refractivity contribution in [2.24, 2.45) is 0 Å². The Kier molecular flexibility index (Phi) is 19.3. The SMILES string of the molecule is CCC=CCCCCCCCC=CC=CC=CC=CC=CC(=O)OCC. The van der Waals surface area contributed by atoms with Crippen LogP contribution >= 0.6 is 0 Å². The van der Waals surface area contributed by atoms with Gasteiger partial charge in [0, 0.05) is 6.08 Å². The van der Waals surface area contributed by atoms with E-state index >= 15 is 0 Å². The molecule has 0 aliphatic rings. The summed E-state index contributed by atoms with van der Waals surface area (Å²) in [5, 5.41) is 0. The molecule has 0 aromatic heterocycles. The Balaban J connectivity index is 3.55. The summed E-state index contributed by atoms with van der Waals surface area (Å²) in [4.78, 5) is 11.0. The molecule has 0 amide bonds. The molecule has 0 fully saturated rings. The smallest absolute Gasteiger partial charge is 0.330 e. The maximum atomic E-state index is 11.0. The number of rotatable bonds is 15. The van der Waals surface area contributed by atoms with Crippen LogP contribution in [0.4, 0.5) is 0 Å². The predicted molar refractivity (Wildman–Crippen MR) is 114 cm³/mol. The molecule has 2 nitrogen and oxygen atoms in total. The van der Waals surface area contributed by atoms with Crippen molar-refractivity contribution in [3.05, 3.63) is 72.9 Å². The van der Waals surface area contributed by atoms with Gasteiger partial charge in [-0.3, -0.25) is 0 Å². The molecule has 2 heteroatoms. The molecule has 0 radical (unpaired) electrons. The average molecular weight is 357 g/mol. The van der Waals surface area contributed by atoms with Crippen molar-refractivity contribution >= 4 is 5.97 Å². The van der Waals surface area contributed by atoms with Crippen LogP contribution in [0.15, 0.2) is 72.9 Å². The van der Waals surface area contributed by atoms with E-state index in [1.54, 1.807) is 19.1 Å². The van der Waals surface area contributed by atoms with E-state index in [2.05, 4.69) is 31.2 Å². The molecule has 0 spiro atoms. The van der Waals surface area contributed by atoms with Crippen molar-refractivity contribution in [3.63, 3.8) is 0 Å². The molecule has 0 rings (SSSR count). The Morgan fingerprint density at radius 2 is 1.19 bits per heavy atom. The quantitative estimate of drug-likeness (QED) is 0.103. The second-order valence-corrected chi connectivity index (χ2v) is 5.92. The molecule has 0 atom stereocenters. The third kappa shape index (κ3) is 20.0. The minimum Gasteiger partial charge on any atom is -0.463 e. The largest absolute Gasteiger partial charge is 0.463 e. The molecule has 0 aliphatic carbocycles. The number of hydrogen-bond acceptors (Lipinski definition) is 2. The number of esters is 1. The summed E-state index contributed by atoms with van der Waals surface area (Å²) in [5.41, 5.74) is 0. The fourth-order valence-corrected chi connectivity index (χ4v) is 2.22. The van der Waals surface area contributed by atoms with Crippen molar-refractivity contribution in [2.45, 2.75) is 65.2 Å². The van der Waals surface area contributed by atoms with E-state index < -0.39 is 0 Å². The highest BCUT2D eigenvalue weighted by Crippen LogP contribution is 2.08. The second-order valence-electron chi connectivity index (χ2n) is 5.92. The summed E-state index contributed by atoms with van der Waals surface area (Å²) < 4.78 is 4.78. The Hall–Kier alpha value is -2.09. The molecule has 0 aromatic carbocycles. The number of allylic oxidation sites excluding steroid dienone is 11. The Morgan fingerprint density at radius 1 is 0.654 bits per heavy atom. The molecular weight excluding hydrogens is 320 g/mol. The van der Waals surface area contributed by atoms with Gasteiger partial charge in [-0.1, -0.05) is 93.0 Å². The van der Waals surface area contributed by atoms with E-state index in [-0.39, 0.29) is 5.97 Å². The molecule has 0 aliphatic heterocycles. The highest BCUT2D eigenvalue weighted by Gasteiger charge is 1.89. The van der Waals surface area contributed by atoms with Gasteiger partial charge in [-0.25, -0.2) is 4.79 Å². The first-order chi connectivity index (χ1) is 12.8. The molecule has 0 saturated carbocycles. The summed E-state index contributed by atoms with van der Waals surface area (Å²) in [6.07, 6.45) is 33.8. The van der Waals surface area contributed by atoms with Crippen molar-refractivity contribution < 1.29 is 9.53 Å². The van der Waals surface area contributed by atoms with Crippen LogP contribution in [0.2, 0.25) is 0 Å². The van der Waals surface area contributed by atoms with E-state index in [4.69, 9.17) is 4.74 Å². The van der Waals surface area contributed by atoms with E-state index in [0.29, 0.717) is 6.61 Å². The normalized spacial score (nSPS) is 12.8. The van der Waals surface area contributed by atoms with Gasteiger partial charge < -0.3 is 4.74 Å². The van der Waals surface area contributed by atoms with Crippen LogP contribution in [0.5, 0.6) is 0 Å². The van der Waals surface area contributed by atoms with Crippen LogP contribution in [-0.4, -0.2) is 12.6 Å². The van der Waals surface area contributed by atoms with Crippen LogP contribution in [-0.2, 0) is 9.53 Å². The molecule has 144 valence electrons. The summed E-state index contributed by atoms with van der Waals surface area (Å²) >= 11 is 0. The van der Waals surface area contributed by atoms with Gasteiger partial charge in [0.2, 0.25) is 0 Å². The van der Waals surface area contributed by atoms with E-state index in [1.807, 2.05) is 30.4 Å². The van der Waals surface area contributed by atoms with Gasteiger partial charge in [0.25, 0.3) is 0 Å². The number of hydrogen-bond donors (Lipinski definition) is 0. The van der Waals surface area contributed by atoms with Crippen LogP contribution in [0.25, 0.3) is 0 Å². The van der Waals surface area contributed by atoms with Gasteiger partial charge in [0.15, 0.2) is 0 Å². The first kappa shape index (κ1) is 23.9. The third-order valence-corrected chi connectivity index (χ3v) is 3.58. The van der Waals surface area contributed by atoms with Gasteiger partial charge in [-0.15, -0.1) is 0 Å². The average Bonchev–Trinajstić information content (AvgIpc) is 2.64. The van der Waals surface area contributed by atoms with Crippen molar-refractivity contribution in [1.82, 2.24) is 0 Å². The van der Waals surface area contributed by atoms with Crippen molar-refractivity contribution in [3.8, 4) is 0 Å². The van der Waals surface area contributed by atoms with Gasteiger partial charge in [0.1, 0.15) is 0 Å². The van der Waals surface area contributed by atoms with Crippen LogP contribution in [0, 0.1) is 0 Å². The van der Waals surface area contributed by atoms with Gasteiger partial charge in [-0.2, -0.15) is 0 Å². The minimum absolute atomic E-state index is 0.310. The fraction of sp³-hybridized carbons (Fsp3) is 0.458. The lowest BCUT2D eigenvalue weighted by Gasteiger charge is -1.97. The molecule has 0 aromatic rings. The molecule has 0 saturated heterocycles. The Bertz CT molecular complexity index is 490. The zero-order valence-electron chi connectivity index (χ0n) is 16.6. The summed E-state index contributed by atoms with van der Waals surface area (Å²) in [6, 6.07) is 0. The molecular formula is C24H36O2. The zero-order chi connectivity index (χ0) is 19.1. The number of carbonyl (C=O) groups excluding carboxylic acids is 1. The van der Waals surface area contributed by atoms with E-state index in [1.165, 1.54) is 44.6 Å². The summed E-state index contributed by atoms with van der Waals surface area (Å²) in [5.74, 6) is -0.310. The summed E-state index contributed by atoms with van der Waals surface area (Å²) in [7, 11) is 0. The first-order valence-corrected chi connectivity index (χ1v) is 9.96. The van der Waals surface area contributed by atoms with E-state index in [9.17, 15) is 4.79 Å². The molecule has 0 bridgehead atoms. The van der Waals surface area contributed by atoms with Crippen molar-refractivity contribution in [2.75, 3.05) is 6.61 Å². The molecule has 0 heterocycles. The standard InChI is InChI=1S/C24H36O2/c1-3-5-6-7-8-9-10-11-12-13-14-15-16-17-18-19-20-21-22-23-24(25)26-4-2/h5-6,14-23H,3-4,7-13H2,1-2H3. The first-order valence-electron chi connectivity index (χ1n) is 9.96. The lowest BCUT2D eigenvalue weighted by atomic mass is 10.1. The van der Waals surface area contributed by atoms with Gasteiger partial charge >= 0.3 is 5.97 Å². The molecule has 26 heavy (non-hydrogen) atoms. The van der Waals surface area contributed by atoms with Gasteiger partial charge in [0.05, 0.1) is 6.61 Å². The lowest BCUT2D eigenvalue weighted by molar-refractivity contribution is -0.137. The number of carbonyl (C=O) groups is 1.